The van der Waals surface area contributed by atoms with Gasteiger partial charge in [-0.3, -0.25) is 4.90 Å². The Balaban J connectivity index is 0.000000720. The number of halogens is 1. The number of nitrogens with zero attached hydrogens (tertiary/aromatic N) is 1. The molecular formula is C9H16ClNO. The van der Waals surface area contributed by atoms with Gasteiger partial charge in [-0.15, -0.1) is 12.4 Å². The van der Waals surface area contributed by atoms with Crippen molar-refractivity contribution < 1.29 is 4.74 Å². The molecule has 0 amide bonds. The number of allylic oxidation sites excluding steroid dienone is 1. The first-order valence-corrected chi connectivity index (χ1v) is 4.45. The van der Waals surface area contributed by atoms with E-state index in [1.54, 1.807) is 0 Å². The molecule has 1 aliphatic carbocycles. The van der Waals surface area contributed by atoms with Gasteiger partial charge in [-0.25, -0.2) is 0 Å². The van der Waals surface area contributed by atoms with Gasteiger partial charge < -0.3 is 4.74 Å². The second kappa shape index (κ2) is 4.85. The molecule has 1 fully saturated rings. The standard InChI is InChI=1S/C9H15NO.ClH/c1-2-4-9(3-1)10-5-7-11-8-6-10;/h1,3,9H,2,4-8H2;1H. The molecule has 2 aliphatic rings. The fraction of sp³-hybridized carbons (Fsp3) is 0.778. The molecular weight excluding hydrogens is 174 g/mol. The molecule has 0 aromatic heterocycles. The molecule has 0 bridgehead atoms. The molecule has 0 N–H and O–H groups in total. The van der Waals surface area contributed by atoms with Crippen LogP contribution in [0.15, 0.2) is 12.2 Å². The Morgan fingerprint density at radius 2 is 2.00 bits per heavy atom. The van der Waals surface area contributed by atoms with Crippen LogP contribution < -0.4 is 0 Å². The summed E-state index contributed by atoms with van der Waals surface area (Å²) in [5.41, 5.74) is 0. The first-order chi connectivity index (χ1) is 5.47. The molecule has 3 heteroatoms. The average Bonchev–Trinajstić information content (AvgIpc) is 2.58. The summed E-state index contributed by atoms with van der Waals surface area (Å²) < 4.78 is 5.29. The van der Waals surface area contributed by atoms with E-state index in [4.69, 9.17) is 4.74 Å². The van der Waals surface area contributed by atoms with E-state index in [-0.39, 0.29) is 12.4 Å². The lowest BCUT2D eigenvalue weighted by molar-refractivity contribution is 0.0257. The Morgan fingerprint density at radius 3 is 2.58 bits per heavy atom. The molecule has 0 radical (unpaired) electrons. The minimum absolute atomic E-state index is 0. The second-order valence-electron chi connectivity index (χ2n) is 3.22. The lowest BCUT2D eigenvalue weighted by Crippen LogP contribution is -2.41. The summed E-state index contributed by atoms with van der Waals surface area (Å²) in [5.74, 6) is 0. The molecule has 2 rings (SSSR count). The van der Waals surface area contributed by atoms with Gasteiger partial charge in [-0.05, 0) is 12.8 Å². The summed E-state index contributed by atoms with van der Waals surface area (Å²) in [5, 5.41) is 0. The van der Waals surface area contributed by atoms with Crippen LogP contribution in [0, 0.1) is 0 Å². The van der Waals surface area contributed by atoms with Crippen molar-refractivity contribution in [2.75, 3.05) is 26.3 Å². The van der Waals surface area contributed by atoms with Crippen LogP contribution in [0.25, 0.3) is 0 Å². The zero-order valence-electron chi connectivity index (χ0n) is 7.24. The van der Waals surface area contributed by atoms with E-state index in [1.165, 1.54) is 12.8 Å². The number of morpholine rings is 1. The van der Waals surface area contributed by atoms with Crippen LogP contribution in [0.2, 0.25) is 0 Å². The van der Waals surface area contributed by atoms with E-state index < -0.39 is 0 Å². The van der Waals surface area contributed by atoms with Gasteiger partial charge in [0.15, 0.2) is 0 Å². The van der Waals surface area contributed by atoms with Crippen LogP contribution >= 0.6 is 12.4 Å². The van der Waals surface area contributed by atoms with E-state index in [1.807, 2.05) is 0 Å². The minimum atomic E-state index is 0. The summed E-state index contributed by atoms with van der Waals surface area (Å²) in [6.45, 7) is 4.08. The predicted molar refractivity (Wildman–Crippen MR) is 51.8 cm³/mol. The van der Waals surface area contributed by atoms with Crippen molar-refractivity contribution in [3.63, 3.8) is 0 Å². The monoisotopic (exact) mass is 189 g/mol. The van der Waals surface area contributed by atoms with E-state index in [0.29, 0.717) is 0 Å². The average molecular weight is 190 g/mol. The quantitative estimate of drug-likeness (QED) is 0.580. The van der Waals surface area contributed by atoms with Crippen LogP contribution in [0.1, 0.15) is 12.8 Å². The lowest BCUT2D eigenvalue weighted by Gasteiger charge is -2.31. The Bertz CT molecular complexity index is 155. The molecule has 0 saturated carbocycles. The highest BCUT2D eigenvalue weighted by Gasteiger charge is 2.19. The lowest BCUT2D eigenvalue weighted by atomic mass is 10.2. The maximum atomic E-state index is 5.29. The largest absolute Gasteiger partial charge is 0.379 e. The topological polar surface area (TPSA) is 12.5 Å². The van der Waals surface area contributed by atoms with Crippen molar-refractivity contribution in [3.8, 4) is 0 Å². The third-order valence-corrected chi connectivity index (χ3v) is 2.50. The summed E-state index contributed by atoms with van der Waals surface area (Å²) in [6.07, 6.45) is 7.22. The zero-order chi connectivity index (χ0) is 7.52. The van der Waals surface area contributed by atoms with Crippen LogP contribution in [0.3, 0.4) is 0 Å². The molecule has 1 atom stereocenters. The van der Waals surface area contributed by atoms with Crippen LogP contribution in [-0.4, -0.2) is 37.2 Å². The van der Waals surface area contributed by atoms with Crippen molar-refractivity contribution in [1.82, 2.24) is 4.90 Å². The third kappa shape index (κ3) is 2.22. The second-order valence-corrected chi connectivity index (χ2v) is 3.22. The van der Waals surface area contributed by atoms with Gasteiger partial charge in [0.25, 0.3) is 0 Å². The first-order valence-electron chi connectivity index (χ1n) is 4.45. The first kappa shape index (κ1) is 10.0. The third-order valence-electron chi connectivity index (χ3n) is 2.50. The van der Waals surface area contributed by atoms with E-state index in [9.17, 15) is 0 Å². The highest BCUT2D eigenvalue weighted by molar-refractivity contribution is 5.85. The van der Waals surface area contributed by atoms with E-state index in [0.717, 1.165) is 32.3 Å². The van der Waals surface area contributed by atoms with E-state index in [2.05, 4.69) is 17.1 Å². The fourth-order valence-electron chi connectivity index (χ4n) is 1.83. The molecule has 70 valence electrons. The summed E-state index contributed by atoms with van der Waals surface area (Å²) >= 11 is 0. The molecule has 12 heavy (non-hydrogen) atoms. The SMILES string of the molecule is C1=CC(N2CCOCC2)CC1.Cl. The Morgan fingerprint density at radius 1 is 1.25 bits per heavy atom. The van der Waals surface area contributed by atoms with Crippen molar-refractivity contribution in [3.05, 3.63) is 12.2 Å². The smallest absolute Gasteiger partial charge is 0.0594 e. The van der Waals surface area contributed by atoms with E-state index >= 15 is 0 Å². The molecule has 0 spiro atoms. The normalized spacial score (nSPS) is 30.2. The molecule has 1 aliphatic heterocycles. The molecule has 1 saturated heterocycles. The molecule has 1 heterocycles. The fourth-order valence-corrected chi connectivity index (χ4v) is 1.83. The minimum Gasteiger partial charge on any atom is -0.379 e. The molecule has 0 aromatic rings. The van der Waals surface area contributed by atoms with Crippen LogP contribution in [0.4, 0.5) is 0 Å². The highest BCUT2D eigenvalue weighted by Crippen LogP contribution is 2.16. The van der Waals surface area contributed by atoms with Crippen molar-refractivity contribution >= 4 is 12.4 Å². The zero-order valence-corrected chi connectivity index (χ0v) is 8.05. The molecule has 2 nitrogen and oxygen atoms in total. The van der Waals surface area contributed by atoms with Gasteiger partial charge in [0.05, 0.1) is 13.2 Å². The van der Waals surface area contributed by atoms with Gasteiger partial charge in [-0.1, -0.05) is 12.2 Å². The van der Waals surface area contributed by atoms with Gasteiger partial charge in [0.2, 0.25) is 0 Å². The number of hydrogen-bond donors (Lipinski definition) is 0. The summed E-state index contributed by atoms with van der Waals surface area (Å²) in [4.78, 5) is 2.52. The number of ether oxygens (including phenoxy) is 1. The highest BCUT2D eigenvalue weighted by atomic mass is 35.5. The number of rotatable bonds is 1. The van der Waals surface area contributed by atoms with Crippen molar-refractivity contribution in [2.24, 2.45) is 0 Å². The molecule has 0 aromatic carbocycles. The molecule has 1 unspecified atom stereocenters. The van der Waals surface area contributed by atoms with Crippen molar-refractivity contribution in [1.29, 1.82) is 0 Å². The van der Waals surface area contributed by atoms with Gasteiger partial charge in [-0.2, -0.15) is 0 Å². The Labute approximate surface area is 80.0 Å². The summed E-state index contributed by atoms with van der Waals surface area (Å²) in [6, 6.07) is 0.721. The van der Waals surface area contributed by atoms with Gasteiger partial charge in [0.1, 0.15) is 0 Å². The van der Waals surface area contributed by atoms with Crippen molar-refractivity contribution in [2.45, 2.75) is 18.9 Å². The van der Waals surface area contributed by atoms with Gasteiger partial charge in [0, 0.05) is 19.1 Å². The Hall–Kier alpha value is -0.0500. The number of hydrogen-bond acceptors (Lipinski definition) is 2. The van der Waals surface area contributed by atoms with Crippen LogP contribution in [0.5, 0.6) is 0 Å². The predicted octanol–water partition coefficient (Wildman–Crippen LogP) is 1.46. The van der Waals surface area contributed by atoms with Crippen LogP contribution in [-0.2, 0) is 4.74 Å². The van der Waals surface area contributed by atoms with Gasteiger partial charge >= 0.3 is 0 Å². The maximum Gasteiger partial charge on any atom is 0.0594 e. The Kier molecular flexibility index (Phi) is 4.06. The maximum absolute atomic E-state index is 5.29. The summed E-state index contributed by atoms with van der Waals surface area (Å²) in [7, 11) is 0.